The van der Waals surface area contributed by atoms with Crippen molar-refractivity contribution in [1.82, 2.24) is 4.72 Å². The Morgan fingerprint density at radius 1 is 2.00 bits per heavy atom. The SMILES string of the molecule is CSNC(=O)CS. The quantitative estimate of drug-likeness (QED) is 0.423. The van der Waals surface area contributed by atoms with E-state index in [2.05, 4.69) is 17.4 Å². The van der Waals surface area contributed by atoms with Crippen LogP contribution in [0.2, 0.25) is 0 Å². The number of amides is 1. The molecule has 1 N–H and O–H groups in total. The number of hydrogen-bond acceptors (Lipinski definition) is 3. The van der Waals surface area contributed by atoms with Crippen molar-refractivity contribution in [2.45, 2.75) is 0 Å². The molecule has 0 aromatic rings. The van der Waals surface area contributed by atoms with Crippen LogP contribution in [0.3, 0.4) is 0 Å². The van der Waals surface area contributed by atoms with Gasteiger partial charge in [-0.25, -0.2) is 0 Å². The highest BCUT2D eigenvalue weighted by Gasteiger charge is 1.89. The summed E-state index contributed by atoms with van der Waals surface area (Å²) in [5.74, 6) is 0.219. The van der Waals surface area contributed by atoms with Crippen molar-refractivity contribution >= 4 is 30.5 Å². The Labute approximate surface area is 52.6 Å². The molecule has 0 bridgehead atoms. The highest BCUT2D eigenvalue weighted by molar-refractivity contribution is 7.97. The fourth-order valence-corrected chi connectivity index (χ4v) is 0.632. The van der Waals surface area contributed by atoms with Gasteiger partial charge in [-0.2, -0.15) is 12.6 Å². The van der Waals surface area contributed by atoms with E-state index in [1.54, 1.807) is 6.26 Å². The summed E-state index contributed by atoms with van der Waals surface area (Å²) in [6.07, 6.45) is 1.79. The van der Waals surface area contributed by atoms with Gasteiger partial charge in [0.15, 0.2) is 0 Å². The van der Waals surface area contributed by atoms with Crippen molar-refractivity contribution in [3.05, 3.63) is 0 Å². The third kappa shape index (κ3) is 4.01. The van der Waals surface area contributed by atoms with Crippen LogP contribution in [0, 0.1) is 0 Å². The molecule has 0 aromatic carbocycles. The van der Waals surface area contributed by atoms with E-state index in [1.807, 2.05) is 0 Å². The third-order valence-corrected chi connectivity index (χ3v) is 1.08. The molecule has 0 unspecified atom stereocenters. The second-order valence-corrected chi connectivity index (χ2v) is 1.82. The van der Waals surface area contributed by atoms with E-state index in [4.69, 9.17) is 0 Å². The number of carbonyl (C=O) groups excluding carboxylic acids is 1. The molecule has 0 fully saturated rings. The molecule has 0 saturated carbocycles. The van der Waals surface area contributed by atoms with Crippen LogP contribution in [0.25, 0.3) is 0 Å². The number of nitrogens with one attached hydrogen (secondary N) is 1. The molecule has 2 nitrogen and oxygen atoms in total. The Kier molecular flexibility index (Phi) is 4.44. The maximum atomic E-state index is 10.2. The van der Waals surface area contributed by atoms with Crippen molar-refractivity contribution in [2.75, 3.05) is 12.0 Å². The molecule has 0 rings (SSSR count). The minimum atomic E-state index is -0.0455. The maximum absolute atomic E-state index is 10.2. The number of thiol groups is 1. The van der Waals surface area contributed by atoms with Gasteiger partial charge in [-0.15, -0.1) is 0 Å². The summed E-state index contributed by atoms with van der Waals surface area (Å²) in [4.78, 5) is 10.2. The molecule has 0 aromatic heterocycles. The van der Waals surface area contributed by atoms with E-state index in [9.17, 15) is 4.79 Å². The number of hydrogen-bond donors (Lipinski definition) is 2. The summed E-state index contributed by atoms with van der Waals surface area (Å²) in [7, 11) is 0. The van der Waals surface area contributed by atoms with Gasteiger partial charge in [-0.3, -0.25) is 9.52 Å². The van der Waals surface area contributed by atoms with Crippen molar-refractivity contribution in [2.24, 2.45) is 0 Å². The first-order valence-electron chi connectivity index (χ1n) is 1.74. The minimum absolute atomic E-state index is 0.0455. The Morgan fingerprint density at radius 3 is 2.71 bits per heavy atom. The zero-order valence-corrected chi connectivity index (χ0v) is 5.68. The first-order valence-corrected chi connectivity index (χ1v) is 3.59. The van der Waals surface area contributed by atoms with E-state index in [-0.39, 0.29) is 11.7 Å². The monoisotopic (exact) mass is 137 g/mol. The van der Waals surface area contributed by atoms with Gasteiger partial charge in [0.05, 0.1) is 5.75 Å². The lowest BCUT2D eigenvalue weighted by molar-refractivity contribution is -0.116. The second kappa shape index (κ2) is 4.33. The lowest BCUT2D eigenvalue weighted by Gasteiger charge is -1.92. The lowest BCUT2D eigenvalue weighted by Crippen LogP contribution is -2.15. The molecule has 4 heteroatoms. The normalized spacial score (nSPS) is 8.29. The topological polar surface area (TPSA) is 29.1 Å². The third-order valence-electron chi connectivity index (χ3n) is 0.360. The van der Waals surface area contributed by atoms with Gasteiger partial charge in [0.2, 0.25) is 5.91 Å². The average molecular weight is 137 g/mol. The highest BCUT2D eigenvalue weighted by atomic mass is 32.2. The van der Waals surface area contributed by atoms with E-state index < -0.39 is 0 Å². The Morgan fingerprint density at radius 2 is 2.57 bits per heavy atom. The average Bonchev–Trinajstić information content (AvgIpc) is 1.68. The molecule has 0 aliphatic carbocycles. The Balaban J connectivity index is 3.00. The molecule has 0 spiro atoms. The van der Waals surface area contributed by atoms with Crippen molar-refractivity contribution in [1.29, 1.82) is 0 Å². The molecule has 1 amide bonds. The van der Waals surface area contributed by atoms with Gasteiger partial charge in [0.25, 0.3) is 0 Å². The molecule has 0 saturated heterocycles. The van der Waals surface area contributed by atoms with E-state index >= 15 is 0 Å². The van der Waals surface area contributed by atoms with Crippen LogP contribution < -0.4 is 4.72 Å². The molecular formula is C3H7NOS2. The summed E-state index contributed by atoms with van der Waals surface area (Å²) in [5, 5.41) is 0. The predicted octanol–water partition coefficient (Wildman–Crippen LogP) is 0.310. The Hall–Kier alpha value is 0.170. The van der Waals surface area contributed by atoms with Crippen LogP contribution in [0.1, 0.15) is 0 Å². The minimum Gasteiger partial charge on any atom is -0.300 e. The van der Waals surface area contributed by atoms with E-state index in [0.717, 1.165) is 0 Å². The summed E-state index contributed by atoms with van der Waals surface area (Å²) < 4.78 is 2.50. The van der Waals surface area contributed by atoms with Crippen LogP contribution in [0.15, 0.2) is 0 Å². The lowest BCUT2D eigenvalue weighted by atomic mass is 10.8. The van der Waals surface area contributed by atoms with Crippen LogP contribution in [0.4, 0.5) is 0 Å². The van der Waals surface area contributed by atoms with Gasteiger partial charge in [-0.1, -0.05) is 11.9 Å². The fourth-order valence-electron chi connectivity index (χ4n) is 0.146. The van der Waals surface area contributed by atoms with Gasteiger partial charge in [0, 0.05) is 6.26 Å². The van der Waals surface area contributed by atoms with Gasteiger partial charge < -0.3 is 0 Å². The fraction of sp³-hybridized carbons (Fsp3) is 0.667. The summed E-state index contributed by atoms with van der Waals surface area (Å²) in [6, 6.07) is 0. The van der Waals surface area contributed by atoms with Gasteiger partial charge >= 0.3 is 0 Å². The molecule has 0 aliphatic rings. The molecule has 7 heavy (non-hydrogen) atoms. The predicted molar refractivity (Wildman–Crippen MR) is 35.5 cm³/mol. The molecule has 0 atom stereocenters. The van der Waals surface area contributed by atoms with Crippen molar-refractivity contribution < 1.29 is 4.79 Å². The first-order chi connectivity index (χ1) is 3.31. The smallest absolute Gasteiger partial charge is 0.239 e. The van der Waals surface area contributed by atoms with Crippen LogP contribution in [0.5, 0.6) is 0 Å². The van der Waals surface area contributed by atoms with Gasteiger partial charge in [-0.05, 0) is 0 Å². The first kappa shape index (κ1) is 7.17. The molecule has 0 aliphatic heterocycles. The highest BCUT2D eigenvalue weighted by Crippen LogP contribution is 1.82. The molecule has 0 radical (unpaired) electrons. The van der Waals surface area contributed by atoms with E-state index in [0.29, 0.717) is 0 Å². The summed E-state index contributed by atoms with van der Waals surface area (Å²) in [6.45, 7) is 0. The van der Waals surface area contributed by atoms with Crippen LogP contribution in [-0.4, -0.2) is 17.9 Å². The molecule has 42 valence electrons. The standard InChI is InChI=1S/C3H7NOS2/c1-7-4-3(5)2-6/h6H,2H2,1H3,(H,4,5). The summed E-state index contributed by atoms with van der Waals surface area (Å²) in [5.41, 5.74) is 0. The molecular weight excluding hydrogens is 130 g/mol. The number of rotatable bonds is 2. The molecule has 0 heterocycles. The van der Waals surface area contributed by atoms with Gasteiger partial charge in [0.1, 0.15) is 0 Å². The Bertz CT molecular complexity index is 66.0. The zero-order valence-electron chi connectivity index (χ0n) is 3.97. The second-order valence-electron chi connectivity index (χ2n) is 0.887. The number of carbonyl (C=O) groups is 1. The van der Waals surface area contributed by atoms with Crippen LogP contribution in [-0.2, 0) is 4.79 Å². The van der Waals surface area contributed by atoms with Crippen LogP contribution >= 0.6 is 24.6 Å². The van der Waals surface area contributed by atoms with Crippen molar-refractivity contribution in [3.8, 4) is 0 Å². The zero-order chi connectivity index (χ0) is 5.70. The van der Waals surface area contributed by atoms with E-state index in [1.165, 1.54) is 11.9 Å². The largest absolute Gasteiger partial charge is 0.300 e. The van der Waals surface area contributed by atoms with Crippen molar-refractivity contribution in [3.63, 3.8) is 0 Å². The maximum Gasteiger partial charge on any atom is 0.239 e. The summed E-state index contributed by atoms with van der Waals surface area (Å²) >= 11 is 5.01.